The highest BCUT2D eigenvalue weighted by molar-refractivity contribution is 5.43. The van der Waals surface area contributed by atoms with Gasteiger partial charge in [0.15, 0.2) is 11.5 Å². The van der Waals surface area contributed by atoms with Gasteiger partial charge in [0.25, 0.3) is 0 Å². The molecule has 1 aliphatic carbocycles. The van der Waals surface area contributed by atoms with Crippen molar-refractivity contribution < 1.29 is 9.47 Å². The molecule has 1 saturated carbocycles. The van der Waals surface area contributed by atoms with Gasteiger partial charge in [-0.25, -0.2) is 0 Å². The number of methoxy groups -OCH3 is 1. The lowest BCUT2D eigenvalue weighted by atomic mass is 10.1. The van der Waals surface area contributed by atoms with E-state index >= 15 is 0 Å². The summed E-state index contributed by atoms with van der Waals surface area (Å²) in [5.41, 5.74) is 6.97. The minimum Gasteiger partial charge on any atom is -0.493 e. The molecule has 0 amide bonds. The molecule has 3 heteroatoms. The second-order valence-corrected chi connectivity index (χ2v) is 5.43. The molecular weight excluding hydrogens is 238 g/mol. The Morgan fingerprint density at radius 2 is 1.79 bits per heavy atom. The quantitative estimate of drug-likeness (QED) is 0.840. The topological polar surface area (TPSA) is 44.5 Å². The minimum absolute atomic E-state index is 0.0147. The molecule has 1 unspecified atom stereocenters. The third kappa shape index (κ3) is 3.87. The number of hydrogen-bond acceptors (Lipinski definition) is 3. The third-order valence-electron chi connectivity index (χ3n) is 3.81. The Balaban J connectivity index is 2.10. The van der Waals surface area contributed by atoms with Gasteiger partial charge in [0.2, 0.25) is 0 Å². The number of rotatable bonds is 4. The first-order valence-corrected chi connectivity index (χ1v) is 7.31. The molecule has 0 saturated heterocycles. The first kappa shape index (κ1) is 14.2. The maximum absolute atomic E-state index is 6.13. The van der Waals surface area contributed by atoms with E-state index in [0.717, 1.165) is 29.9 Å². The van der Waals surface area contributed by atoms with E-state index in [2.05, 4.69) is 0 Å². The van der Waals surface area contributed by atoms with Gasteiger partial charge >= 0.3 is 0 Å². The van der Waals surface area contributed by atoms with Crippen molar-refractivity contribution in [1.29, 1.82) is 0 Å². The van der Waals surface area contributed by atoms with Crippen LogP contribution in [0.3, 0.4) is 0 Å². The fraction of sp³-hybridized carbons (Fsp3) is 0.625. The SMILES string of the molecule is COc1cc(C(C)N)ccc1OC1CCCCCC1. The molecule has 1 aromatic carbocycles. The van der Waals surface area contributed by atoms with Gasteiger partial charge in [0.1, 0.15) is 0 Å². The predicted octanol–water partition coefficient (Wildman–Crippen LogP) is 3.82. The highest BCUT2D eigenvalue weighted by Gasteiger charge is 2.16. The molecule has 1 fully saturated rings. The smallest absolute Gasteiger partial charge is 0.161 e. The molecule has 106 valence electrons. The van der Waals surface area contributed by atoms with E-state index in [4.69, 9.17) is 15.2 Å². The van der Waals surface area contributed by atoms with Crippen molar-refractivity contribution in [2.45, 2.75) is 57.6 Å². The normalized spacial score (nSPS) is 18.7. The van der Waals surface area contributed by atoms with Crippen molar-refractivity contribution in [3.05, 3.63) is 23.8 Å². The molecule has 1 aliphatic rings. The van der Waals surface area contributed by atoms with Crippen LogP contribution in [0.15, 0.2) is 18.2 Å². The molecule has 0 spiro atoms. The van der Waals surface area contributed by atoms with Gasteiger partial charge in [0, 0.05) is 6.04 Å². The molecule has 19 heavy (non-hydrogen) atoms. The van der Waals surface area contributed by atoms with Crippen LogP contribution in [0.5, 0.6) is 11.5 Å². The lowest BCUT2D eigenvalue weighted by Crippen LogP contribution is -2.15. The van der Waals surface area contributed by atoms with E-state index in [0.29, 0.717) is 6.10 Å². The van der Waals surface area contributed by atoms with E-state index in [-0.39, 0.29) is 6.04 Å². The Morgan fingerprint density at radius 3 is 2.37 bits per heavy atom. The minimum atomic E-state index is 0.0147. The van der Waals surface area contributed by atoms with Crippen molar-refractivity contribution in [2.24, 2.45) is 5.73 Å². The lowest BCUT2D eigenvalue weighted by Gasteiger charge is -2.19. The summed E-state index contributed by atoms with van der Waals surface area (Å²) < 4.78 is 11.6. The van der Waals surface area contributed by atoms with Crippen LogP contribution in [0, 0.1) is 0 Å². The summed E-state index contributed by atoms with van der Waals surface area (Å²) in [5.74, 6) is 1.64. The Kier molecular flexibility index (Phi) is 5.08. The summed E-state index contributed by atoms with van der Waals surface area (Å²) in [5, 5.41) is 0. The van der Waals surface area contributed by atoms with Crippen molar-refractivity contribution in [2.75, 3.05) is 7.11 Å². The molecule has 3 nitrogen and oxygen atoms in total. The van der Waals surface area contributed by atoms with Crippen LogP contribution < -0.4 is 15.2 Å². The summed E-state index contributed by atoms with van der Waals surface area (Å²) >= 11 is 0. The first-order valence-electron chi connectivity index (χ1n) is 7.31. The Bertz CT molecular complexity index is 396. The van der Waals surface area contributed by atoms with Crippen LogP contribution in [-0.2, 0) is 0 Å². The van der Waals surface area contributed by atoms with Gasteiger partial charge in [-0.15, -0.1) is 0 Å². The summed E-state index contributed by atoms with van der Waals surface area (Å²) in [4.78, 5) is 0. The number of hydrogen-bond donors (Lipinski definition) is 1. The molecule has 0 heterocycles. The van der Waals surface area contributed by atoms with Crippen LogP contribution >= 0.6 is 0 Å². The van der Waals surface area contributed by atoms with Crippen LogP contribution in [-0.4, -0.2) is 13.2 Å². The van der Waals surface area contributed by atoms with Gasteiger partial charge in [-0.1, -0.05) is 18.9 Å². The second-order valence-electron chi connectivity index (χ2n) is 5.43. The molecule has 0 bridgehead atoms. The maximum atomic E-state index is 6.13. The number of ether oxygens (including phenoxy) is 2. The van der Waals surface area contributed by atoms with Crippen molar-refractivity contribution in [3.63, 3.8) is 0 Å². The van der Waals surface area contributed by atoms with Gasteiger partial charge in [-0.3, -0.25) is 0 Å². The molecule has 2 rings (SSSR count). The van der Waals surface area contributed by atoms with Crippen LogP contribution in [0.2, 0.25) is 0 Å². The van der Waals surface area contributed by atoms with Gasteiger partial charge in [-0.05, 0) is 50.3 Å². The number of benzene rings is 1. The first-order chi connectivity index (χ1) is 9.20. The summed E-state index contributed by atoms with van der Waals surface area (Å²) in [6, 6.07) is 6.01. The third-order valence-corrected chi connectivity index (χ3v) is 3.81. The van der Waals surface area contributed by atoms with E-state index in [1.807, 2.05) is 25.1 Å². The molecule has 1 aromatic rings. The largest absolute Gasteiger partial charge is 0.493 e. The fourth-order valence-corrected chi connectivity index (χ4v) is 2.60. The summed E-state index contributed by atoms with van der Waals surface area (Å²) in [7, 11) is 1.68. The Hall–Kier alpha value is -1.22. The molecular formula is C16H25NO2. The zero-order chi connectivity index (χ0) is 13.7. The van der Waals surface area contributed by atoms with Gasteiger partial charge in [-0.2, -0.15) is 0 Å². The van der Waals surface area contributed by atoms with E-state index in [1.165, 1.54) is 25.7 Å². The van der Waals surface area contributed by atoms with Crippen LogP contribution in [0.1, 0.15) is 57.1 Å². The van der Waals surface area contributed by atoms with Crippen LogP contribution in [0.4, 0.5) is 0 Å². The highest BCUT2D eigenvalue weighted by atomic mass is 16.5. The van der Waals surface area contributed by atoms with Gasteiger partial charge in [0.05, 0.1) is 13.2 Å². The Morgan fingerprint density at radius 1 is 1.11 bits per heavy atom. The standard InChI is InChI=1S/C16H25NO2/c1-12(17)13-9-10-15(16(11-13)18-2)19-14-7-5-3-4-6-8-14/h9-12,14H,3-8,17H2,1-2H3. The second kappa shape index (κ2) is 6.80. The fourth-order valence-electron chi connectivity index (χ4n) is 2.60. The van der Waals surface area contributed by atoms with Gasteiger partial charge < -0.3 is 15.2 Å². The van der Waals surface area contributed by atoms with E-state index in [9.17, 15) is 0 Å². The Labute approximate surface area is 116 Å². The molecule has 1 atom stereocenters. The molecule has 2 N–H and O–H groups in total. The molecule has 0 aromatic heterocycles. The van der Waals surface area contributed by atoms with Crippen molar-refractivity contribution in [1.82, 2.24) is 0 Å². The van der Waals surface area contributed by atoms with E-state index in [1.54, 1.807) is 7.11 Å². The number of nitrogens with two attached hydrogens (primary N) is 1. The monoisotopic (exact) mass is 263 g/mol. The summed E-state index contributed by atoms with van der Waals surface area (Å²) in [6.07, 6.45) is 7.84. The average Bonchev–Trinajstić information content (AvgIpc) is 2.67. The van der Waals surface area contributed by atoms with Crippen molar-refractivity contribution >= 4 is 0 Å². The average molecular weight is 263 g/mol. The van der Waals surface area contributed by atoms with E-state index < -0.39 is 0 Å². The predicted molar refractivity (Wildman–Crippen MR) is 77.7 cm³/mol. The lowest BCUT2D eigenvalue weighted by molar-refractivity contribution is 0.176. The molecule has 0 aliphatic heterocycles. The zero-order valence-electron chi connectivity index (χ0n) is 12.0. The maximum Gasteiger partial charge on any atom is 0.161 e. The summed E-state index contributed by atoms with van der Waals surface area (Å²) in [6.45, 7) is 1.97. The van der Waals surface area contributed by atoms with Crippen LogP contribution in [0.25, 0.3) is 0 Å². The van der Waals surface area contributed by atoms with Crippen molar-refractivity contribution in [3.8, 4) is 11.5 Å². The highest BCUT2D eigenvalue weighted by Crippen LogP contribution is 2.32. The zero-order valence-corrected chi connectivity index (χ0v) is 12.0. The molecule has 0 radical (unpaired) electrons.